The van der Waals surface area contributed by atoms with Crippen LogP contribution in [0.5, 0.6) is 0 Å². The molecule has 84 valence electrons. The fourth-order valence-electron chi connectivity index (χ4n) is 1.14. The van der Waals surface area contributed by atoms with Crippen LogP contribution in [0.3, 0.4) is 0 Å². The van der Waals surface area contributed by atoms with E-state index >= 15 is 0 Å². The Balaban J connectivity index is 2.69. The molecule has 0 saturated carbocycles. The van der Waals surface area contributed by atoms with Crippen LogP contribution in [0.15, 0.2) is 12.1 Å². The molecule has 0 radical (unpaired) electrons. The monoisotopic (exact) mass is 231 g/mol. The van der Waals surface area contributed by atoms with Crippen LogP contribution in [-0.4, -0.2) is 36.5 Å². The van der Waals surface area contributed by atoms with Gasteiger partial charge in [-0.05, 0) is 6.07 Å². The molecule has 1 aromatic heterocycles. The van der Waals surface area contributed by atoms with Crippen LogP contribution in [0, 0.1) is 0 Å². The molecule has 1 atom stereocenters. The number of anilines is 2. The van der Waals surface area contributed by atoms with Crippen LogP contribution in [0.2, 0.25) is 5.15 Å². The Morgan fingerprint density at radius 2 is 2.40 bits per heavy atom. The van der Waals surface area contributed by atoms with Crippen molar-refractivity contribution in [1.82, 2.24) is 4.98 Å². The van der Waals surface area contributed by atoms with Crippen molar-refractivity contribution in [3.8, 4) is 0 Å². The lowest BCUT2D eigenvalue weighted by atomic mass is 10.3. The first-order chi connectivity index (χ1) is 7.15. The van der Waals surface area contributed by atoms with E-state index in [0.717, 1.165) is 0 Å². The van der Waals surface area contributed by atoms with Crippen molar-refractivity contribution in [2.45, 2.75) is 6.04 Å². The highest BCUT2D eigenvalue weighted by Gasteiger charge is 2.08. The second-order valence-electron chi connectivity index (χ2n) is 3.09. The maximum absolute atomic E-state index is 9.02. The van der Waals surface area contributed by atoms with Crippen LogP contribution in [0.1, 0.15) is 0 Å². The summed E-state index contributed by atoms with van der Waals surface area (Å²) in [5.41, 5.74) is 6.11. The van der Waals surface area contributed by atoms with Gasteiger partial charge in [-0.3, -0.25) is 0 Å². The average molecular weight is 232 g/mol. The number of halogens is 1. The number of nitrogens with one attached hydrogen (secondary N) is 1. The van der Waals surface area contributed by atoms with Crippen LogP contribution >= 0.6 is 11.6 Å². The number of nitrogen functional groups attached to an aromatic ring is 1. The van der Waals surface area contributed by atoms with Gasteiger partial charge in [-0.15, -0.1) is 0 Å². The largest absolute Gasteiger partial charge is 0.399 e. The number of methoxy groups -OCH3 is 1. The number of rotatable bonds is 5. The quantitative estimate of drug-likeness (QED) is 0.652. The molecule has 1 unspecified atom stereocenters. The van der Waals surface area contributed by atoms with Crippen molar-refractivity contribution in [3.63, 3.8) is 0 Å². The third-order valence-electron chi connectivity index (χ3n) is 1.76. The summed E-state index contributed by atoms with van der Waals surface area (Å²) in [5.74, 6) is 0.524. The third kappa shape index (κ3) is 3.91. The number of pyridine rings is 1. The number of nitrogens with zero attached hydrogens (tertiary/aromatic N) is 1. The minimum absolute atomic E-state index is 0.0536. The Bertz CT molecular complexity index is 302. The minimum Gasteiger partial charge on any atom is -0.399 e. The Kier molecular flexibility index (Phi) is 4.61. The molecule has 4 N–H and O–H groups in total. The highest BCUT2D eigenvalue weighted by molar-refractivity contribution is 6.29. The van der Waals surface area contributed by atoms with Crippen molar-refractivity contribution < 1.29 is 9.84 Å². The average Bonchev–Trinajstić information content (AvgIpc) is 2.15. The Hall–Kier alpha value is -1.04. The number of hydrogen-bond donors (Lipinski definition) is 3. The summed E-state index contributed by atoms with van der Waals surface area (Å²) < 4.78 is 4.91. The first-order valence-corrected chi connectivity index (χ1v) is 4.83. The molecule has 0 aliphatic heterocycles. The first kappa shape index (κ1) is 12.0. The molecule has 1 aromatic rings. The number of hydrogen-bond acceptors (Lipinski definition) is 5. The molecule has 1 heterocycles. The summed E-state index contributed by atoms with van der Waals surface area (Å²) in [6, 6.07) is 2.97. The molecule has 0 amide bonds. The van der Waals surface area contributed by atoms with E-state index in [4.69, 9.17) is 27.2 Å². The van der Waals surface area contributed by atoms with Gasteiger partial charge in [0, 0.05) is 18.9 Å². The topological polar surface area (TPSA) is 80.4 Å². The highest BCUT2D eigenvalue weighted by atomic mass is 35.5. The molecule has 0 aromatic carbocycles. The molecule has 0 bridgehead atoms. The van der Waals surface area contributed by atoms with Gasteiger partial charge in [0.05, 0.1) is 19.3 Å². The van der Waals surface area contributed by atoms with Gasteiger partial charge < -0.3 is 20.9 Å². The summed E-state index contributed by atoms with van der Waals surface area (Å²) in [4.78, 5) is 4.01. The van der Waals surface area contributed by atoms with Crippen LogP contribution in [0.4, 0.5) is 11.5 Å². The van der Waals surface area contributed by atoms with Crippen molar-refractivity contribution in [2.75, 3.05) is 31.4 Å². The van der Waals surface area contributed by atoms with E-state index in [9.17, 15) is 0 Å². The Labute approximate surface area is 93.2 Å². The van der Waals surface area contributed by atoms with Crippen molar-refractivity contribution >= 4 is 23.1 Å². The highest BCUT2D eigenvalue weighted by Crippen LogP contribution is 2.16. The fourth-order valence-corrected chi connectivity index (χ4v) is 1.36. The number of aliphatic hydroxyl groups is 1. The smallest absolute Gasteiger partial charge is 0.133 e. The molecule has 5 nitrogen and oxygen atoms in total. The van der Waals surface area contributed by atoms with E-state index < -0.39 is 0 Å². The predicted octanol–water partition coefficient (Wildman–Crippen LogP) is 0.736. The van der Waals surface area contributed by atoms with E-state index in [1.165, 1.54) is 0 Å². The molecule has 0 aliphatic rings. The summed E-state index contributed by atoms with van der Waals surface area (Å²) in [6.07, 6.45) is 0. The minimum atomic E-state index is -0.222. The van der Waals surface area contributed by atoms with Gasteiger partial charge in [-0.25, -0.2) is 4.98 Å². The predicted molar refractivity (Wildman–Crippen MR) is 60.0 cm³/mol. The molecule has 0 aliphatic carbocycles. The van der Waals surface area contributed by atoms with Crippen molar-refractivity contribution in [2.24, 2.45) is 0 Å². The molecule has 1 rings (SSSR count). The standard InChI is InChI=1S/C9H14ClN3O2/c1-15-5-7(4-14)12-9-3-6(11)2-8(10)13-9/h2-3,7,14H,4-5H2,1H3,(H3,11,12,13). The summed E-state index contributed by atoms with van der Waals surface area (Å²) in [7, 11) is 1.56. The van der Waals surface area contributed by atoms with Gasteiger partial charge in [-0.1, -0.05) is 11.6 Å². The lowest BCUT2D eigenvalue weighted by Gasteiger charge is -2.16. The van der Waals surface area contributed by atoms with E-state index in [1.54, 1.807) is 19.2 Å². The lowest BCUT2D eigenvalue weighted by molar-refractivity contribution is 0.153. The van der Waals surface area contributed by atoms with Crippen LogP contribution in [-0.2, 0) is 4.74 Å². The molecule has 0 fully saturated rings. The number of nitrogens with two attached hydrogens (primary N) is 1. The summed E-state index contributed by atoms with van der Waals surface area (Å²) in [6.45, 7) is 0.326. The van der Waals surface area contributed by atoms with Crippen molar-refractivity contribution in [3.05, 3.63) is 17.3 Å². The molecule has 15 heavy (non-hydrogen) atoms. The fraction of sp³-hybridized carbons (Fsp3) is 0.444. The molecule has 0 spiro atoms. The zero-order valence-corrected chi connectivity index (χ0v) is 9.16. The summed E-state index contributed by atoms with van der Waals surface area (Å²) >= 11 is 5.73. The van der Waals surface area contributed by atoms with Crippen molar-refractivity contribution in [1.29, 1.82) is 0 Å². The van der Waals surface area contributed by atoms with Gasteiger partial charge in [0.1, 0.15) is 11.0 Å². The SMILES string of the molecule is COCC(CO)Nc1cc(N)cc(Cl)n1. The van der Waals surface area contributed by atoms with Gasteiger partial charge in [0.25, 0.3) is 0 Å². The van der Waals surface area contributed by atoms with E-state index in [-0.39, 0.29) is 12.6 Å². The lowest BCUT2D eigenvalue weighted by Crippen LogP contribution is -2.29. The maximum Gasteiger partial charge on any atom is 0.133 e. The zero-order valence-electron chi connectivity index (χ0n) is 8.40. The zero-order chi connectivity index (χ0) is 11.3. The first-order valence-electron chi connectivity index (χ1n) is 4.45. The maximum atomic E-state index is 9.02. The summed E-state index contributed by atoms with van der Waals surface area (Å²) in [5, 5.41) is 12.3. The van der Waals surface area contributed by atoms with E-state index in [2.05, 4.69) is 10.3 Å². The van der Waals surface area contributed by atoms with E-state index in [1.807, 2.05) is 0 Å². The molecular formula is C9H14ClN3O2. The van der Waals surface area contributed by atoms with Gasteiger partial charge in [-0.2, -0.15) is 0 Å². The second-order valence-corrected chi connectivity index (χ2v) is 3.47. The number of ether oxygens (including phenoxy) is 1. The Morgan fingerprint density at radius 3 is 2.93 bits per heavy atom. The second kappa shape index (κ2) is 5.75. The van der Waals surface area contributed by atoms with Gasteiger partial charge >= 0.3 is 0 Å². The molecular weight excluding hydrogens is 218 g/mol. The number of aromatic nitrogens is 1. The van der Waals surface area contributed by atoms with Gasteiger partial charge in [0.15, 0.2) is 0 Å². The Morgan fingerprint density at radius 1 is 1.67 bits per heavy atom. The third-order valence-corrected chi connectivity index (χ3v) is 1.95. The van der Waals surface area contributed by atoms with Crippen LogP contribution < -0.4 is 11.1 Å². The van der Waals surface area contributed by atoms with Gasteiger partial charge in [0.2, 0.25) is 0 Å². The van der Waals surface area contributed by atoms with Crippen LogP contribution in [0.25, 0.3) is 0 Å². The normalized spacial score (nSPS) is 12.5. The number of aliphatic hydroxyl groups excluding tert-OH is 1. The molecule has 6 heteroatoms. The molecule has 0 saturated heterocycles. The van der Waals surface area contributed by atoms with E-state index in [0.29, 0.717) is 23.3 Å².